The van der Waals surface area contributed by atoms with E-state index in [2.05, 4.69) is 25.1 Å². The third kappa shape index (κ3) is 4.80. The van der Waals surface area contributed by atoms with Crippen LogP contribution in [0.5, 0.6) is 0 Å². The Morgan fingerprint density at radius 3 is 2.57 bits per heavy atom. The highest BCUT2D eigenvalue weighted by molar-refractivity contribution is 7.90. The summed E-state index contributed by atoms with van der Waals surface area (Å²) >= 11 is 0. The molecule has 4 rings (SSSR count). The largest absolute Gasteiger partial charge is 0.341 e. The molecule has 2 heterocycles. The Bertz CT molecular complexity index is 1110. The van der Waals surface area contributed by atoms with Crippen molar-refractivity contribution < 1.29 is 13.2 Å². The number of imidazole rings is 1. The van der Waals surface area contributed by atoms with Crippen molar-refractivity contribution in [1.29, 1.82) is 0 Å². The van der Waals surface area contributed by atoms with Gasteiger partial charge in [-0.25, -0.2) is 13.4 Å². The van der Waals surface area contributed by atoms with Crippen molar-refractivity contribution in [3.05, 3.63) is 48.5 Å². The van der Waals surface area contributed by atoms with E-state index >= 15 is 0 Å². The number of anilines is 2. The number of carbonyl (C=O) groups excluding carboxylic acids is 1. The fraction of sp³-hybridized carbons (Fsp3) is 0.333. The molecule has 1 saturated heterocycles. The molecule has 2 N–H and O–H groups in total. The number of nitrogens with zero attached hydrogens (tertiary/aromatic N) is 3. The summed E-state index contributed by atoms with van der Waals surface area (Å²) in [5, 5.41) is 2.84. The van der Waals surface area contributed by atoms with Gasteiger partial charge in [0, 0.05) is 38.1 Å². The van der Waals surface area contributed by atoms with Crippen LogP contribution in [0.25, 0.3) is 11.0 Å². The minimum Gasteiger partial charge on any atom is -0.341 e. The Kier molecular flexibility index (Phi) is 5.74. The van der Waals surface area contributed by atoms with Crippen LogP contribution in [0.3, 0.4) is 0 Å². The van der Waals surface area contributed by atoms with Crippen LogP contribution >= 0.6 is 0 Å². The highest BCUT2D eigenvalue weighted by atomic mass is 32.2. The number of para-hydroxylation sites is 2. The molecule has 1 aromatic heterocycles. The summed E-state index contributed by atoms with van der Waals surface area (Å²) in [7, 11) is -3.24. The van der Waals surface area contributed by atoms with Gasteiger partial charge >= 0.3 is 0 Å². The molecule has 0 aliphatic carbocycles. The number of aromatic nitrogens is 2. The second-order valence-electron chi connectivity index (χ2n) is 7.54. The monoisotopic (exact) mass is 427 g/mol. The molecule has 0 bridgehead atoms. The maximum atomic E-state index is 12.4. The van der Waals surface area contributed by atoms with Gasteiger partial charge in [-0.15, -0.1) is 0 Å². The van der Waals surface area contributed by atoms with Gasteiger partial charge in [0.2, 0.25) is 11.9 Å². The van der Waals surface area contributed by atoms with Crippen LogP contribution in [0.2, 0.25) is 0 Å². The van der Waals surface area contributed by atoms with Gasteiger partial charge in [0.05, 0.1) is 22.5 Å². The predicted octanol–water partition coefficient (Wildman–Crippen LogP) is 2.12. The van der Waals surface area contributed by atoms with E-state index in [9.17, 15) is 13.2 Å². The fourth-order valence-electron chi connectivity index (χ4n) is 3.62. The number of amides is 1. The third-order valence-electron chi connectivity index (χ3n) is 5.20. The van der Waals surface area contributed by atoms with Crippen LogP contribution in [0.15, 0.2) is 53.4 Å². The van der Waals surface area contributed by atoms with E-state index in [0.29, 0.717) is 12.2 Å². The Morgan fingerprint density at radius 2 is 1.83 bits per heavy atom. The summed E-state index contributed by atoms with van der Waals surface area (Å²) < 4.78 is 23.1. The van der Waals surface area contributed by atoms with E-state index in [4.69, 9.17) is 0 Å². The van der Waals surface area contributed by atoms with Gasteiger partial charge in [0.1, 0.15) is 0 Å². The first-order valence-electron chi connectivity index (χ1n) is 9.90. The van der Waals surface area contributed by atoms with Crippen molar-refractivity contribution in [1.82, 2.24) is 14.9 Å². The standard InChI is InChI=1S/C21H25N5O3S/c1-30(28,29)17-9-7-16(8-10-17)22-20(27)15-25-11-4-12-26(14-13-25)21-23-18-5-2-3-6-19(18)24-21/h2-3,5-10H,4,11-15H2,1H3,(H,22,27)(H,23,24). The molecule has 1 amide bonds. The van der Waals surface area contributed by atoms with Gasteiger partial charge in [-0.3, -0.25) is 9.69 Å². The summed E-state index contributed by atoms with van der Waals surface area (Å²) in [5.74, 6) is 0.757. The molecule has 0 saturated carbocycles. The molecule has 1 aliphatic heterocycles. The zero-order valence-electron chi connectivity index (χ0n) is 16.8. The molecular weight excluding hydrogens is 402 g/mol. The number of fused-ring (bicyclic) bond motifs is 1. The number of carbonyl (C=O) groups is 1. The zero-order valence-corrected chi connectivity index (χ0v) is 17.7. The SMILES string of the molecule is CS(=O)(=O)c1ccc(NC(=O)CN2CCCN(c3nc4ccccc4[nH]3)CC2)cc1. The fourth-order valence-corrected chi connectivity index (χ4v) is 4.25. The molecule has 2 aromatic carbocycles. The number of sulfone groups is 1. The summed E-state index contributed by atoms with van der Waals surface area (Å²) in [4.78, 5) is 25.1. The van der Waals surface area contributed by atoms with Crippen molar-refractivity contribution in [3.63, 3.8) is 0 Å². The average molecular weight is 428 g/mol. The van der Waals surface area contributed by atoms with E-state index in [1.165, 1.54) is 12.1 Å². The van der Waals surface area contributed by atoms with Gasteiger partial charge in [0.15, 0.2) is 9.84 Å². The number of nitrogens with one attached hydrogen (secondary N) is 2. The number of H-pyrrole nitrogens is 1. The van der Waals surface area contributed by atoms with Gasteiger partial charge in [-0.2, -0.15) is 0 Å². The van der Waals surface area contributed by atoms with Crippen molar-refractivity contribution in [2.45, 2.75) is 11.3 Å². The first-order valence-corrected chi connectivity index (χ1v) is 11.8. The lowest BCUT2D eigenvalue weighted by Gasteiger charge is -2.21. The highest BCUT2D eigenvalue weighted by Crippen LogP contribution is 2.19. The second-order valence-corrected chi connectivity index (χ2v) is 9.55. The zero-order chi connectivity index (χ0) is 21.1. The quantitative estimate of drug-likeness (QED) is 0.647. The van der Waals surface area contributed by atoms with Crippen molar-refractivity contribution in [2.75, 3.05) is 49.2 Å². The molecule has 9 heteroatoms. The highest BCUT2D eigenvalue weighted by Gasteiger charge is 2.19. The molecule has 0 atom stereocenters. The normalized spacial score (nSPS) is 15.8. The topological polar surface area (TPSA) is 98.4 Å². The summed E-state index contributed by atoms with van der Waals surface area (Å²) in [6.07, 6.45) is 2.10. The summed E-state index contributed by atoms with van der Waals surface area (Å²) in [5.41, 5.74) is 2.57. The Hall–Kier alpha value is -2.91. The van der Waals surface area contributed by atoms with E-state index in [-0.39, 0.29) is 10.8 Å². The number of rotatable bonds is 5. The minimum atomic E-state index is -3.24. The number of aromatic amines is 1. The van der Waals surface area contributed by atoms with E-state index in [0.717, 1.165) is 55.8 Å². The van der Waals surface area contributed by atoms with Crippen LogP contribution in [0, 0.1) is 0 Å². The lowest BCUT2D eigenvalue weighted by Crippen LogP contribution is -2.36. The smallest absolute Gasteiger partial charge is 0.238 e. The first-order chi connectivity index (χ1) is 14.4. The molecule has 1 fully saturated rings. The molecule has 8 nitrogen and oxygen atoms in total. The predicted molar refractivity (Wildman–Crippen MR) is 118 cm³/mol. The van der Waals surface area contributed by atoms with Crippen LogP contribution in [0.4, 0.5) is 11.6 Å². The van der Waals surface area contributed by atoms with Gasteiger partial charge in [-0.05, 0) is 42.8 Å². The Labute approximate surface area is 175 Å². The third-order valence-corrected chi connectivity index (χ3v) is 6.33. The maximum absolute atomic E-state index is 12.4. The molecule has 30 heavy (non-hydrogen) atoms. The van der Waals surface area contributed by atoms with Crippen LogP contribution < -0.4 is 10.2 Å². The van der Waals surface area contributed by atoms with Crippen molar-refractivity contribution in [3.8, 4) is 0 Å². The molecule has 0 unspecified atom stereocenters. The summed E-state index contributed by atoms with van der Waals surface area (Å²) in [6, 6.07) is 14.2. The summed E-state index contributed by atoms with van der Waals surface area (Å²) in [6.45, 7) is 3.55. The maximum Gasteiger partial charge on any atom is 0.238 e. The van der Waals surface area contributed by atoms with Gasteiger partial charge in [-0.1, -0.05) is 12.1 Å². The lowest BCUT2D eigenvalue weighted by molar-refractivity contribution is -0.117. The number of hydrogen-bond donors (Lipinski definition) is 2. The van der Waals surface area contributed by atoms with Gasteiger partial charge < -0.3 is 15.2 Å². The molecule has 158 valence electrons. The first kappa shape index (κ1) is 20.4. The second kappa shape index (κ2) is 8.45. The Morgan fingerprint density at radius 1 is 1.07 bits per heavy atom. The van der Waals surface area contributed by atoms with Crippen LogP contribution in [-0.4, -0.2) is 68.2 Å². The van der Waals surface area contributed by atoms with Crippen molar-refractivity contribution in [2.24, 2.45) is 0 Å². The average Bonchev–Trinajstić information content (AvgIpc) is 3.00. The van der Waals surface area contributed by atoms with Crippen molar-refractivity contribution >= 4 is 38.4 Å². The van der Waals surface area contributed by atoms with E-state index in [1.54, 1.807) is 12.1 Å². The molecular formula is C21H25N5O3S. The molecule has 1 aliphatic rings. The molecule has 0 spiro atoms. The number of benzene rings is 2. The van der Waals surface area contributed by atoms with E-state index in [1.807, 2.05) is 24.3 Å². The molecule has 3 aromatic rings. The van der Waals surface area contributed by atoms with E-state index < -0.39 is 9.84 Å². The van der Waals surface area contributed by atoms with Crippen LogP contribution in [0.1, 0.15) is 6.42 Å². The molecule has 0 radical (unpaired) electrons. The van der Waals surface area contributed by atoms with Crippen LogP contribution in [-0.2, 0) is 14.6 Å². The van der Waals surface area contributed by atoms with Gasteiger partial charge in [0.25, 0.3) is 0 Å². The lowest BCUT2D eigenvalue weighted by atomic mass is 10.3. The number of hydrogen-bond acceptors (Lipinski definition) is 6. The minimum absolute atomic E-state index is 0.112. The Balaban J connectivity index is 1.32.